The fraction of sp³-hybridized carbons (Fsp3) is 1.00. The number of rotatable bonds is 2. The summed E-state index contributed by atoms with van der Waals surface area (Å²) in [5, 5.41) is 9.48. The standard InChI is InChI=1S/C9H19NO/c10-7-9(11)8-5-3-1-2-4-6-8/h8-9,11H,1-7,10H2/t9-/m0/s1. The summed E-state index contributed by atoms with van der Waals surface area (Å²) in [6, 6.07) is 0. The highest BCUT2D eigenvalue weighted by molar-refractivity contribution is 4.72. The molecule has 66 valence electrons. The molecule has 0 unspecified atom stereocenters. The van der Waals surface area contributed by atoms with E-state index in [1.54, 1.807) is 0 Å². The summed E-state index contributed by atoms with van der Waals surface area (Å²) in [6.45, 7) is 0.435. The van der Waals surface area contributed by atoms with Gasteiger partial charge in [-0.2, -0.15) is 0 Å². The molecule has 2 heteroatoms. The van der Waals surface area contributed by atoms with E-state index in [0.717, 1.165) is 0 Å². The van der Waals surface area contributed by atoms with Gasteiger partial charge in [0.15, 0.2) is 0 Å². The van der Waals surface area contributed by atoms with Crippen molar-refractivity contribution in [2.75, 3.05) is 6.54 Å². The zero-order chi connectivity index (χ0) is 8.10. The molecule has 0 bridgehead atoms. The second-order valence-corrected chi connectivity index (χ2v) is 3.55. The fourth-order valence-corrected chi connectivity index (χ4v) is 1.89. The van der Waals surface area contributed by atoms with Gasteiger partial charge in [0.1, 0.15) is 0 Å². The monoisotopic (exact) mass is 157 g/mol. The topological polar surface area (TPSA) is 46.2 Å². The zero-order valence-electron chi connectivity index (χ0n) is 7.13. The third-order valence-electron chi connectivity index (χ3n) is 2.69. The molecule has 1 fully saturated rings. The van der Waals surface area contributed by atoms with Crippen molar-refractivity contribution in [3.05, 3.63) is 0 Å². The Morgan fingerprint density at radius 1 is 1.18 bits per heavy atom. The van der Waals surface area contributed by atoms with E-state index in [-0.39, 0.29) is 6.10 Å². The van der Waals surface area contributed by atoms with Crippen LogP contribution < -0.4 is 5.73 Å². The van der Waals surface area contributed by atoms with Crippen molar-refractivity contribution in [2.45, 2.75) is 44.6 Å². The van der Waals surface area contributed by atoms with Crippen molar-refractivity contribution in [3.63, 3.8) is 0 Å². The van der Waals surface area contributed by atoms with Crippen LogP contribution in [0.1, 0.15) is 38.5 Å². The lowest BCUT2D eigenvalue weighted by atomic mass is 9.94. The predicted molar refractivity (Wildman–Crippen MR) is 46.3 cm³/mol. The maximum atomic E-state index is 9.48. The van der Waals surface area contributed by atoms with Crippen molar-refractivity contribution >= 4 is 0 Å². The maximum absolute atomic E-state index is 9.48. The number of aliphatic hydroxyl groups is 1. The Balaban J connectivity index is 2.30. The molecule has 0 saturated heterocycles. The third kappa shape index (κ3) is 2.80. The Morgan fingerprint density at radius 2 is 1.73 bits per heavy atom. The van der Waals surface area contributed by atoms with Crippen molar-refractivity contribution in [3.8, 4) is 0 Å². The van der Waals surface area contributed by atoms with Gasteiger partial charge in [0.2, 0.25) is 0 Å². The van der Waals surface area contributed by atoms with Gasteiger partial charge in [0.05, 0.1) is 6.10 Å². The molecule has 2 nitrogen and oxygen atoms in total. The lowest BCUT2D eigenvalue weighted by Crippen LogP contribution is -2.28. The minimum Gasteiger partial charge on any atom is -0.392 e. The quantitative estimate of drug-likeness (QED) is 0.593. The van der Waals surface area contributed by atoms with Gasteiger partial charge in [0.25, 0.3) is 0 Å². The molecule has 0 spiro atoms. The Bertz CT molecular complexity index is 97.7. The molecule has 1 aliphatic carbocycles. The summed E-state index contributed by atoms with van der Waals surface area (Å²) in [7, 11) is 0. The molecule has 0 heterocycles. The minimum absolute atomic E-state index is 0.243. The van der Waals surface area contributed by atoms with Crippen molar-refractivity contribution in [1.82, 2.24) is 0 Å². The van der Waals surface area contributed by atoms with Crippen molar-refractivity contribution < 1.29 is 5.11 Å². The minimum atomic E-state index is -0.243. The Hall–Kier alpha value is -0.0800. The predicted octanol–water partition coefficient (Wildman–Crippen LogP) is 1.28. The van der Waals surface area contributed by atoms with Crippen LogP contribution in [0.4, 0.5) is 0 Å². The van der Waals surface area contributed by atoms with Gasteiger partial charge in [-0.1, -0.05) is 25.7 Å². The molecule has 0 aromatic rings. The van der Waals surface area contributed by atoms with Crippen molar-refractivity contribution in [2.24, 2.45) is 11.7 Å². The summed E-state index contributed by atoms with van der Waals surface area (Å²) in [5.41, 5.74) is 5.40. The van der Waals surface area contributed by atoms with Gasteiger partial charge in [-0.3, -0.25) is 0 Å². The molecule has 0 amide bonds. The molecule has 0 aromatic heterocycles. The zero-order valence-corrected chi connectivity index (χ0v) is 7.13. The maximum Gasteiger partial charge on any atom is 0.0690 e. The van der Waals surface area contributed by atoms with Crippen LogP contribution in [-0.2, 0) is 0 Å². The molecule has 1 rings (SSSR count). The van der Waals surface area contributed by atoms with E-state index >= 15 is 0 Å². The van der Waals surface area contributed by atoms with Gasteiger partial charge in [-0.25, -0.2) is 0 Å². The molecule has 0 aromatic carbocycles. The Kier molecular flexibility index (Phi) is 3.87. The molecule has 1 atom stereocenters. The first kappa shape index (κ1) is 9.01. The lowest BCUT2D eigenvalue weighted by molar-refractivity contribution is 0.106. The van der Waals surface area contributed by atoms with E-state index in [1.165, 1.54) is 38.5 Å². The van der Waals surface area contributed by atoms with E-state index in [4.69, 9.17) is 5.73 Å². The van der Waals surface area contributed by atoms with Crippen LogP contribution >= 0.6 is 0 Å². The van der Waals surface area contributed by atoms with E-state index in [9.17, 15) is 5.11 Å². The molecule has 0 radical (unpaired) electrons. The molecule has 1 saturated carbocycles. The fourth-order valence-electron chi connectivity index (χ4n) is 1.89. The normalized spacial score (nSPS) is 24.5. The first-order valence-electron chi connectivity index (χ1n) is 4.72. The van der Waals surface area contributed by atoms with Crippen molar-refractivity contribution in [1.29, 1.82) is 0 Å². The van der Waals surface area contributed by atoms with E-state index in [2.05, 4.69) is 0 Å². The second kappa shape index (κ2) is 4.73. The molecule has 11 heavy (non-hydrogen) atoms. The summed E-state index contributed by atoms with van der Waals surface area (Å²) >= 11 is 0. The summed E-state index contributed by atoms with van der Waals surface area (Å²) in [5.74, 6) is 0.488. The molecular weight excluding hydrogens is 138 g/mol. The van der Waals surface area contributed by atoms with Gasteiger partial charge in [0, 0.05) is 6.54 Å². The molecule has 1 aliphatic rings. The second-order valence-electron chi connectivity index (χ2n) is 3.55. The lowest BCUT2D eigenvalue weighted by Gasteiger charge is -2.18. The smallest absolute Gasteiger partial charge is 0.0690 e. The van der Waals surface area contributed by atoms with Crippen LogP contribution in [0.2, 0.25) is 0 Å². The number of hydrogen-bond acceptors (Lipinski definition) is 2. The van der Waals surface area contributed by atoms with Crippen LogP contribution in [0.25, 0.3) is 0 Å². The van der Waals surface area contributed by atoms with E-state index < -0.39 is 0 Å². The average molecular weight is 157 g/mol. The molecule has 3 N–H and O–H groups in total. The van der Waals surface area contributed by atoms with Gasteiger partial charge in [-0.15, -0.1) is 0 Å². The molecule has 0 aliphatic heterocycles. The highest BCUT2D eigenvalue weighted by Gasteiger charge is 2.18. The third-order valence-corrected chi connectivity index (χ3v) is 2.69. The van der Waals surface area contributed by atoms with Crippen LogP contribution in [0.3, 0.4) is 0 Å². The van der Waals surface area contributed by atoms with E-state index in [0.29, 0.717) is 12.5 Å². The van der Waals surface area contributed by atoms with Gasteiger partial charge < -0.3 is 10.8 Å². The first-order valence-corrected chi connectivity index (χ1v) is 4.72. The van der Waals surface area contributed by atoms with Crippen LogP contribution in [0.5, 0.6) is 0 Å². The summed E-state index contributed by atoms with van der Waals surface area (Å²) < 4.78 is 0. The van der Waals surface area contributed by atoms with Crippen LogP contribution in [0.15, 0.2) is 0 Å². The van der Waals surface area contributed by atoms with Crippen LogP contribution in [0, 0.1) is 5.92 Å². The highest BCUT2D eigenvalue weighted by atomic mass is 16.3. The summed E-state index contributed by atoms with van der Waals surface area (Å²) in [4.78, 5) is 0. The average Bonchev–Trinajstić information content (AvgIpc) is 2.30. The number of nitrogens with two attached hydrogens (primary N) is 1. The Labute approximate surface area is 68.8 Å². The first-order chi connectivity index (χ1) is 5.34. The number of aliphatic hydroxyl groups excluding tert-OH is 1. The number of hydrogen-bond donors (Lipinski definition) is 2. The SMILES string of the molecule is NC[C@H](O)C1CCCCCC1. The summed E-state index contributed by atoms with van der Waals surface area (Å²) in [6.07, 6.45) is 7.36. The van der Waals surface area contributed by atoms with Crippen LogP contribution in [-0.4, -0.2) is 17.8 Å². The molecular formula is C9H19NO. The van der Waals surface area contributed by atoms with Gasteiger partial charge in [-0.05, 0) is 18.8 Å². The van der Waals surface area contributed by atoms with E-state index in [1.807, 2.05) is 0 Å². The van der Waals surface area contributed by atoms with Gasteiger partial charge >= 0.3 is 0 Å². The highest BCUT2D eigenvalue weighted by Crippen LogP contribution is 2.24. The Morgan fingerprint density at radius 3 is 2.18 bits per heavy atom. The largest absolute Gasteiger partial charge is 0.392 e.